The van der Waals surface area contributed by atoms with E-state index in [2.05, 4.69) is 15.2 Å². The largest absolute Gasteiger partial charge is 0.360 e. The topological polar surface area (TPSA) is 93.5 Å². The zero-order valence-corrected chi connectivity index (χ0v) is 17.0. The number of likely N-dealkylation sites (tertiary alicyclic amines) is 1. The molecule has 2 aromatic rings. The Hall–Kier alpha value is -3.07. The van der Waals surface area contributed by atoms with Crippen LogP contribution in [0.4, 0.5) is 0 Å². The van der Waals surface area contributed by atoms with E-state index in [9.17, 15) is 9.59 Å². The molecule has 2 saturated heterocycles. The minimum atomic E-state index is -0.714. The van der Waals surface area contributed by atoms with Crippen molar-refractivity contribution in [1.29, 1.82) is 0 Å². The van der Waals surface area contributed by atoms with E-state index in [0.29, 0.717) is 19.6 Å². The molecule has 5 heterocycles. The van der Waals surface area contributed by atoms with Crippen molar-refractivity contribution in [3.8, 4) is 0 Å². The molecule has 156 valence electrons. The van der Waals surface area contributed by atoms with E-state index >= 15 is 0 Å². The molecule has 0 radical (unpaired) electrons. The van der Waals surface area contributed by atoms with Crippen LogP contribution in [0.1, 0.15) is 18.3 Å². The predicted molar refractivity (Wildman–Crippen MR) is 106 cm³/mol. The van der Waals surface area contributed by atoms with Crippen LogP contribution < -0.4 is 0 Å². The van der Waals surface area contributed by atoms with Crippen LogP contribution in [0, 0.1) is 11.8 Å². The second-order valence-corrected chi connectivity index (χ2v) is 8.18. The fourth-order valence-electron chi connectivity index (χ4n) is 4.92. The summed E-state index contributed by atoms with van der Waals surface area (Å²) >= 11 is 0. The molecule has 2 fully saturated rings. The van der Waals surface area contributed by atoms with Crippen LogP contribution in [0.15, 0.2) is 43.0 Å². The van der Waals surface area contributed by atoms with Crippen LogP contribution in [-0.2, 0) is 34.0 Å². The van der Waals surface area contributed by atoms with Crippen LogP contribution in [0.3, 0.4) is 0 Å². The smallest absolute Gasteiger partial charge is 0.230 e. The molecule has 2 bridgehead atoms. The van der Waals surface area contributed by atoms with Crippen molar-refractivity contribution < 1.29 is 14.3 Å². The van der Waals surface area contributed by atoms with Gasteiger partial charge in [-0.25, -0.2) is 0 Å². The molecule has 0 N–H and O–H groups in total. The van der Waals surface area contributed by atoms with Gasteiger partial charge in [0.15, 0.2) is 5.82 Å². The fraction of sp³-hybridized carbons (Fsp3) is 0.476. The summed E-state index contributed by atoms with van der Waals surface area (Å²) in [6.45, 7) is 3.99. The van der Waals surface area contributed by atoms with Crippen molar-refractivity contribution >= 4 is 11.8 Å². The molecule has 0 saturated carbocycles. The van der Waals surface area contributed by atoms with Crippen molar-refractivity contribution in [2.45, 2.75) is 38.3 Å². The second kappa shape index (κ2) is 7.02. The maximum absolute atomic E-state index is 13.4. The van der Waals surface area contributed by atoms with Crippen molar-refractivity contribution in [1.82, 2.24) is 29.5 Å². The third-order valence-electron chi connectivity index (χ3n) is 6.35. The van der Waals surface area contributed by atoms with E-state index in [-0.39, 0.29) is 17.9 Å². The van der Waals surface area contributed by atoms with Gasteiger partial charge >= 0.3 is 0 Å². The summed E-state index contributed by atoms with van der Waals surface area (Å²) in [5.41, 5.74) is 0.244. The third kappa shape index (κ3) is 2.84. The molecular formula is C21H24N6O3. The van der Waals surface area contributed by atoms with Gasteiger partial charge < -0.3 is 19.1 Å². The highest BCUT2D eigenvalue weighted by molar-refractivity contribution is 5.92. The van der Waals surface area contributed by atoms with Crippen LogP contribution in [-0.4, -0.2) is 66.7 Å². The lowest BCUT2D eigenvalue weighted by Crippen LogP contribution is -2.44. The highest BCUT2D eigenvalue weighted by Gasteiger charge is 2.67. The highest BCUT2D eigenvalue weighted by Crippen LogP contribution is 2.52. The zero-order valence-electron chi connectivity index (χ0n) is 17.0. The Morgan fingerprint density at radius 1 is 1.43 bits per heavy atom. The van der Waals surface area contributed by atoms with Gasteiger partial charge in [0, 0.05) is 32.5 Å². The van der Waals surface area contributed by atoms with E-state index in [1.165, 1.54) is 0 Å². The second-order valence-electron chi connectivity index (χ2n) is 8.18. The van der Waals surface area contributed by atoms with Crippen molar-refractivity contribution in [3.05, 3.63) is 54.4 Å². The quantitative estimate of drug-likeness (QED) is 0.651. The molecule has 2 aromatic heterocycles. The number of hydrogen-bond donors (Lipinski definition) is 0. The van der Waals surface area contributed by atoms with Crippen molar-refractivity contribution in [2.24, 2.45) is 11.8 Å². The Morgan fingerprint density at radius 3 is 3.07 bits per heavy atom. The maximum atomic E-state index is 13.4. The van der Waals surface area contributed by atoms with E-state index < -0.39 is 17.4 Å². The summed E-state index contributed by atoms with van der Waals surface area (Å²) in [6, 6.07) is 3.80. The number of rotatable bonds is 6. The average Bonchev–Trinajstić information content (AvgIpc) is 3.50. The van der Waals surface area contributed by atoms with Gasteiger partial charge in [-0.3, -0.25) is 14.6 Å². The number of aromatic nitrogens is 4. The number of hydrogen-bond acceptors (Lipinski definition) is 6. The standard InChI is InChI=1S/C21H24N6O3/c1-3-26-13-23-24-16(26)11-25(2)19(28)17-15-6-7-21(30-15)12-27(20(29)18(17)21)10-14-5-4-8-22-9-14/h4-9,13,15,17-18H,3,10-12H2,1-2H3/t15-,17-,18+,21-/m0/s1. The minimum absolute atomic E-state index is 0.0332. The van der Waals surface area contributed by atoms with E-state index in [4.69, 9.17) is 4.74 Å². The lowest BCUT2D eigenvalue weighted by atomic mass is 9.76. The minimum Gasteiger partial charge on any atom is -0.360 e. The molecule has 0 aliphatic carbocycles. The Labute approximate surface area is 174 Å². The molecule has 3 aliphatic rings. The Kier molecular flexibility index (Phi) is 4.43. The number of pyridine rings is 1. The van der Waals surface area contributed by atoms with E-state index in [1.54, 1.807) is 35.6 Å². The van der Waals surface area contributed by atoms with Crippen LogP contribution in [0.5, 0.6) is 0 Å². The first-order chi connectivity index (χ1) is 14.5. The normalized spacial score (nSPS) is 28.9. The number of amides is 2. The molecule has 1 spiro atoms. The van der Waals surface area contributed by atoms with Crippen molar-refractivity contribution in [3.63, 3.8) is 0 Å². The monoisotopic (exact) mass is 408 g/mol. The molecule has 5 rings (SSSR count). The van der Waals surface area contributed by atoms with Gasteiger partial charge in [-0.2, -0.15) is 0 Å². The lowest BCUT2D eigenvalue weighted by molar-refractivity contribution is -0.143. The number of aryl methyl sites for hydroxylation is 1. The first-order valence-electron chi connectivity index (χ1n) is 10.2. The highest BCUT2D eigenvalue weighted by atomic mass is 16.5. The lowest BCUT2D eigenvalue weighted by Gasteiger charge is -2.27. The molecular weight excluding hydrogens is 384 g/mol. The summed E-state index contributed by atoms with van der Waals surface area (Å²) in [4.78, 5) is 34.2. The maximum Gasteiger partial charge on any atom is 0.230 e. The SMILES string of the molecule is CCn1cnnc1CN(C)C(=O)[C@H]1[C@@H]2C=C[C@@]3(CN(Cc4cccnc4)C(=O)[C@@H]13)O2. The van der Waals surface area contributed by atoms with Gasteiger partial charge in [0.05, 0.1) is 31.0 Å². The average molecular weight is 408 g/mol. The molecule has 30 heavy (non-hydrogen) atoms. The first-order valence-corrected chi connectivity index (χ1v) is 10.2. The summed E-state index contributed by atoms with van der Waals surface area (Å²) in [6.07, 6.45) is 8.66. The van der Waals surface area contributed by atoms with Gasteiger partial charge in [-0.1, -0.05) is 18.2 Å². The van der Waals surface area contributed by atoms with E-state index in [1.807, 2.05) is 35.8 Å². The Balaban J connectivity index is 1.36. The molecule has 0 aromatic carbocycles. The number of carbonyl (C=O) groups is 2. The molecule has 3 aliphatic heterocycles. The van der Waals surface area contributed by atoms with Crippen LogP contribution in [0.2, 0.25) is 0 Å². The molecule has 2 amide bonds. The number of nitrogens with zero attached hydrogens (tertiary/aromatic N) is 6. The summed E-state index contributed by atoms with van der Waals surface area (Å²) < 4.78 is 8.12. The van der Waals surface area contributed by atoms with Gasteiger partial charge in [-0.05, 0) is 18.6 Å². The Bertz CT molecular complexity index is 1010. The van der Waals surface area contributed by atoms with Crippen LogP contribution in [0.25, 0.3) is 0 Å². The molecule has 4 atom stereocenters. The number of ether oxygens (including phenoxy) is 1. The zero-order chi connectivity index (χ0) is 20.9. The summed E-state index contributed by atoms with van der Waals surface area (Å²) in [7, 11) is 1.74. The fourth-order valence-corrected chi connectivity index (χ4v) is 4.92. The predicted octanol–water partition coefficient (Wildman–Crippen LogP) is 0.634. The summed E-state index contributed by atoms with van der Waals surface area (Å²) in [5, 5.41) is 8.04. The summed E-state index contributed by atoms with van der Waals surface area (Å²) in [5.74, 6) is -0.432. The van der Waals surface area contributed by atoms with Gasteiger partial charge in [-0.15, -0.1) is 10.2 Å². The molecule has 9 nitrogen and oxygen atoms in total. The first kappa shape index (κ1) is 18.9. The van der Waals surface area contributed by atoms with Gasteiger partial charge in [0.2, 0.25) is 11.8 Å². The number of carbonyl (C=O) groups excluding carboxylic acids is 2. The van der Waals surface area contributed by atoms with Gasteiger partial charge in [0.1, 0.15) is 11.9 Å². The molecule has 0 unspecified atom stereocenters. The van der Waals surface area contributed by atoms with Crippen molar-refractivity contribution in [2.75, 3.05) is 13.6 Å². The third-order valence-corrected chi connectivity index (χ3v) is 6.35. The van der Waals surface area contributed by atoms with Gasteiger partial charge in [0.25, 0.3) is 0 Å². The van der Waals surface area contributed by atoms with E-state index in [0.717, 1.165) is 17.9 Å². The molecule has 9 heteroatoms. The Morgan fingerprint density at radius 2 is 2.30 bits per heavy atom. The number of fused-ring (bicyclic) bond motifs is 1. The van der Waals surface area contributed by atoms with Crippen LogP contribution >= 0.6 is 0 Å².